The van der Waals surface area contributed by atoms with Crippen molar-refractivity contribution in [2.45, 2.75) is 19.6 Å². The molecule has 0 fully saturated rings. The Morgan fingerprint density at radius 1 is 0.759 bits per heavy atom. The Balaban J connectivity index is 1.74. The van der Waals surface area contributed by atoms with Gasteiger partial charge in [-0.25, -0.2) is 4.90 Å². The van der Waals surface area contributed by atoms with Crippen molar-refractivity contribution in [3.05, 3.63) is 106 Å². The molecule has 3 aromatic carbocycles. The Bertz CT molecular complexity index is 1100. The van der Waals surface area contributed by atoms with Crippen LogP contribution in [0.1, 0.15) is 22.3 Å². The summed E-state index contributed by atoms with van der Waals surface area (Å²) in [6, 6.07) is 25.1. The number of hydrogen-bond donors (Lipinski definition) is 0. The van der Waals surface area contributed by atoms with Crippen LogP contribution in [0.5, 0.6) is 0 Å². The van der Waals surface area contributed by atoms with E-state index in [9.17, 15) is 9.59 Å². The number of amides is 2. The van der Waals surface area contributed by atoms with Crippen molar-refractivity contribution in [3.63, 3.8) is 0 Å². The van der Waals surface area contributed by atoms with Gasteiger partial charge in [-0.3, -0.25) is 9.59 Å². The van der Waals surface area contributed by atoms with Gasteiger partial charge in [-0.1, -0.05) is 66.7 Å². The summed E-state index contributed by atoms with van der Waals surface area (Å²) in [5.74, 6) is 0.116. The van der Waals surface area contributed by atoms with E-state index < -0.39 is 0 Å². The molecule has 0 aromatic heterocycles. The lowest BCUT2D eigenvalue weighted by atomic mass is 10.1. The minimum absolute atomic E-state index is 0.252. The van der Waals surface area contributed by atoms with Crippen molar-refractivity contribution in [2.75, 3.05) is 4.90 Å². The lowest BCUT2D eigenvalue weighted by Gasteiger charge is -2.16. The quantitative estimate of drug-likeness (QED) is 0.530. The van der Waals surface area contributed by atoms with Gasteiger partial charge in [0.1, 0.15) is 0 Å². The van der Waals surface area contributed by atoms with Crippen LogP contribution in [-0.4, -0.2) is 11.8 Å². The van der Waals surface area contributed by atoms with Crippen LogP contribution in [0.15, 0.2) is 83.8 Å². The SMILES string of the molecule is Cc1ccc(N2C(=O)C(SCc3ccccc3)=C(c3ccccc3)C2=O)cc1C. The van der Waals surface area contributed by atoms with Crippen molar-refractivity contribution >= 4 is 34.8 Å². The first-order chi connectivity index (χ1) is 14.1. The van der Waals surface area contributed by atoms with Gasteiger partial charge in [0.15, 0.2) is 0 Å². The van der Waals surface area contributed by atoms with Crippen molar-refractivity contribution in [2.24, 2.45) is 0 Å². The van der Waals surface area contributed by atoms with E-state index in [2.05, 4.69) is 0 Å². The highest BCUT2D eigenvalue weighted by Crippen LogP contribution is 2.39. The van der Waals surface area contributed by atoms with Gasteiger partial charge in [-0.15, -0.1) is 11.8 Å². The van der Waals surface area contributed by atoms with E-state index in [4.69, 9.17) is 0 Å². The largest absolute Gasteiger partial charge is 0.272 e. The zero-order valence-electron chi connectivity index (χ0n) is 16.4. The zero-order chi connectivity index (χ0) is 20.4. The molecule has 0 N–H and O–H groups in total. The zero-order valence-corrected chi connectivity index (χ0v) is 17.2. The number of aryl methyl sites for hydroxylation is 2. The minimum atomic E-state index is -0.264. The lowest BCUT2D eigenvalue weighted by Crippen LogP contribution is -2.31. The second-order valence-corrected chi connectivity index (χ2v) is 8.04. The second kappa shape index (κ2) is 8.10. The van der Waals surface area contributed by atoms with Crippen LogP contribution in [0.2, 0.25) is 0 Å². The molecule has 2 amide bonds. The number of carbonyl (C=O) groups excluding carboxylic acids is 2. The normalized spacial score (nSPS) is 14.1. The second-order valence-electron chi connectivity index (χ2n) is 7.06. The number of rotatable bonds is 5. The van der Waals surface area contributed by atoms with Gasteiger partial charge >= 0.3 is 0 Å². The fraction of sp³-hybridized carbons (Fsp3) is 0.120. The number of hydrogen-bond acceptors (Lipinski definition) is 3. The third kappa shape index (κ3) is 3.76. The monoisotopic (exact) mass is 399 g/mol. The van der Waals surface area contributed by atoms with Crippen molar-refractivity contribution in [1.29, 1.82) is 0 Å². The van der Waals surface area contributed by atoms with E-state index in [1.54, 1.807) is 0 Å². The molecular weight excluding hydrogens is 378 g/mol. The molecule has 0 bridgehead atoms. The summed E-state index contributed by atoms with van der Waals surface area (Å²) in [7, 11) is 0. The van der Waals surface area contributed by atoms with Crippen LogP contribution in [0, 0.1) is 13.8 Å². The molecule has 0 saturated heterocycles. The molecule has 0 radical (unpaired) electrons. The van der Waals surface area contributed by atoms with Gasteiger partial charge in [-0.2, -0.15) is 0 Å². The molecule has 0 unspecified atom stereocenters. The predicted octanol–water partition coefficient (Wildman–Crippen LogP) is 5.52. The molecule has 4 rings (SSSR count). The van der Waals surface area contributed by atoms with E-state index in [1.165, 1.54) is 16.7 Å². The van der Waals surface area contributed by atoms with Gasteiger partial charge < -0.3 is 0 Å². The average molecular weight is 400 g/mol. The maximum atomic E-state index is 13.4. The Morgan fingerprint density at radius 2 is 1.41 bits per heavy atom. The van der Waals surface area contributed by atoms with Gasteiger partial charge in [0.25, 0.3) is 11.8 Å². The van der Waals surface area contributed by atoms with Crippen molar-refractivity contribution in [3.8, 4) is 0 Å². The van der Waals surface area contributed by atoms with Gasteiger partial charge in [-0.05, 0) is 48.2 Å². The van der Waals surface area contributed by atoms with E-state index >= 15 is 0 Å². The van der Waals surface area contributed by atoms with Gasteiger partial charge in [0, 0.05) is 5.75 Å². The molecule has 3 aromatic rings. The van der Waals surface area contributed by atoms with Gasteiger partial charge in [0.2, 0.25) is 0 Å². The lowest BCUT2D eigenvalue weighted by molar-refractivity contribution is -0.119. The Morgan fingerprint density at radius 3 is 2.07 bits per heavy atom. The fourth-order valence-electron chi connectivity index (χ4n) is 3.33. The molecule has 0 atom stereocenters. The first kappa shape index (κ1) is 19.2. The number of nitrogens with zero attached hydrogens (tertiary/aromatic N) is 1. The summed E-state index contributed by atoms with van der Waals surface area (Å²) in [5, 5.41) is 0. The maximum Gasteiger partial charge on any atom is 0.272 e. The highest BCUT2D eigenvalue weighted by molar-refractivity contribution is 8.03. The number of imide groups is 1. The number of anilines is 1. The number of benzene rings is 3. The Labute approximate surface area is 175 Å². The first-order valence-corrected chi connectivity index (χ1v) is 10.5. The fourth-order valence-corrected chi connectivity index (χ4v) is 4.40. The molecule has 4 heteroatoms. The Hall–Kier alpha value is -3.11. The minimum Gasteiger partial charge on any atom is -0.268 e. The summed E-state index contributed by atoms with van der Waals surface area (Å²) in [6.45, 7) is 4.00. The van der Waals surface area contributed by atoms with Crippen LogP contribution in [0.4, 0.5) is 5.69 Å². The topological polar surface area (TPSA) is 37.4 Å². The van der Waals surface area contributed by atoms with E-state index in [1.807, 2.05) is 92.7 Å². The molecule has 3 nitrogen and oxygen atoms in total. The molecule has 144 valence electrons. The summed E-state index contributed by atoms with van der Waals surface area (Å²) in [5.41, 5.74) is 5.16. The van der Waals surface area contributed by atoms with Crippen LogP contribution < -0.4 is 4.90 Å². The smallest absolute Gasteiger partial charge is 0.268 e. The molecule has 0 spiro atoms. The van der Waals surface area contributed by atoms with Crippen LogP contribution in [0.3, 0.4) is 0 Å². The molecular formula is C25H21NO2S. The van der Waals surface area contributed by atoms with E-state index in [0.29, 0.717) is 21.9 Å². The number of thioether (sulfide) groups is 1. The highest BCUT2D eigenvalue weighted by Gasteiger charge is 2.40. The maximum absolute atomic E-state index is 13.4. The van der Waals surface area contributed by atoms with Crippen molar-refractivity contribution in [1.82, 2.24) is 0 Å². The first-order valence-electron chi connectivity index (χ1n) is 9.48. The molecule has 0 saturated carbocycles. The molecule has 1 heterocycles. The predicted molar refractivity (Wildman–Crippen MR) is 120 cm³/mol. The van der Waals surface area contributed by atoms with Crippen LogP contribution in [0.25, 0.3) is 5.57 Å². The van der Waals surface area contributed by atoms with Crippen LogP contribution in [-0.2, 0) is 15.3 Å². The molecule has 1 aliphatic rings. The van der Waals surface area contributed by atoms with Crippen molar-refractivity contribution < 1.29 is 9.59 Å². The van der Waals surface area contributed by atoms with E-state index in [-0.39, 0.29) is 11.8 Å². The highest BCUT2D eigenvalue weighted by atomic mass is 32.2. The summed E-state index contributed by atoms with van der Waals surface area (Å²) >= 11 is 1.43. The molecule has 29 heavy (non-hydrogen) atoms. The third-order valence-corrected chi connectivity index (χ3v) is 6.22. The third-order valence-electron chi connectivity index (χ3n) is 5.08. The molecule has 0 aliphatic carbocycles. The average Bonchev–Trinajstić information content (AvgIpc) is 2.99. The summed E-state index contributed by atoms with van der Waals surface area (Å²) < 4.78 is 0. The van der Waals surface area contributed by atoms with E-state index in [0.717, 1.165) is 22.3 Å². The van der Waals surface area contributed by atoms with Crippen LogP contribution >= 0.6 is 11.8 Å². The standard InChI is InChI=1S/C25H21NO2S/c1-17-13-14-21(15-18(17)2)26-24(27)22(20-11-7-4-8-12-20)23(25(26)28)29-16-19-9-5-3-6-10-19/h3-15H,16H2,1-2H3. The molecule has 1 aliphatic heterocycles. The van der Waals surface area contributed by atoms with Gasteiger partial charge in [0.05, 0.1) is 16.2 Å². The Kier molecular flexibility index (Phi) is 5.36. The summed E-state index contributed by atoms with van der Waals surface area (Å²) in [6.07, 6.45) is 0. The number of carbonyl (C=O) groups is 2. The summed E-state index contributed by atoms with van der Waals surface area (Å²) in [4.78, 5) is 28.5.